The molecule has 1 aromatic carbocycles. The molecule has 0 atom stereocenters. The Morgan fingerprint density at radius 3 is 2.47 bits per heavy atom. The fourth-order valence-electron chi connectivity index (χ4n) is 1.48. The lowest BCUT2D eigenvalue weighted by molar-refractivity contribution is -0.137. The Balaban J connectivity index is 2.36. The maximum atomic E-state index is 12.7. The molecular formula is C12H9F3IN3. The molecule has 0 bridgehead atoms. The molecule has 1 heterocycles. The third-order valence-electron chi connectivity index (χ3n) is 2.31. The molecule has 0 saturated heterocycles. The van der Waals surface area contributed by atoms with Gasteiger partial charge in [0.25, 0.3) is 0 Å². The molecule has 3 N–H and O–H groups in total. The Kier molecular flexibility index (Phi) is 3.83. The normalized spacial score (nSPS) is 11.4. The van der Waals surface area contributed by atoms with Crippen molar-refractivity contribution in [3.63, 3.8) is 0 Å². The van der Waals surface area contributed by atoms with Gasteiger partial charge in [0.2, 0.25) is 0 Å². The lowest BCUT2D eigenvalue weighted by atomic mass is 10.2. The fraction of sp³-hybridized carbons (Fsp3) is 0.0833. The number of benzene rings is 1. The number of hydrogen-bond donors (Lipinski definition) is 2. The predicted molar refractivity (Wildman–Crippen MR) is 76.1 cm³/mol. The van der Waals surface area contributed by atoms with Crippen molar-refractivity contribution in [2.75, 3.05) is 11.1 Å². The zero-order valence-corrected chi connectivity index (χ0v) is 11.7. The third-order valence-corrected chi connectivity index (χ3v) is 3.25. The van der Waals surface area contributed by atoms with Gasteiger partial charge in [-0.1, -0.05) is 12.1 Å². The number of halogens is 4. The molecule has 0 saturated carbocycles. The van der Waals surface area contributed by atoms with Crippen molar-refractivity contribution in [1.29, 1.82) is 0 Å². The minimum absolute atomic E-state index is 0.0661. The summed E-state index contributed by atoms with van der Waals surface area (Å²) in [4.78, 5) is 3.85. The average molecular weight is 379 g/mol. The number of nitrogen functional groups attached to an aromatic ring is 1. The molecule has 0 unspecified atom stereocenters. The predicted octanol–water partition coefficient (Wildman–Crippen LogP) is 4.03. The minimum atomic E-state index is -4.45. The van der Waals surface area contributed by atoms with Crippen LogP contribution in [0.1, 0.15) is 5.56 Å². The van der Waals surface area contributed by atoms with Gasteiger partial charge in [-0.25, -0.2) is 4.98 Å². The number of anilines is 3. The van der Waals surface area contributed by atoms with Gasteiger partial charge < -0.3 is 11.1 Å². The summed E-state index contributed by atoms with van der Waals surface area (Å²) < 4.78 is 38.8. The van der Waals surface area contributed by atoms with E-state index < -0.39 is 11.7 Å². The molecular weight excluding hydrogens is 370 g/mol. The Morgan fingerprint density at radius 2 is 1.84 bits per heavy atom. The Bertz CT molecular complexity index is 599. The second-order valence-electron chi connectivity index (χ2n) is 3.77. The summed E-state index contributed by atoms with van der Waals surface area (Å²) in [7, 11) is 0. The zero-order chi connectivity index (χ0) is 14.0. The van der Waals surface area contributed by atoms with E-state index in [4.69, 9.17) is 5.73 Å². The maximum Gasteiger partial charge on any atom is 0.416 e. The van der Waals surface area contributed by atoms with Gasteiger partial charge in [-0.2, -0.15) is 13.2 Å². The molecule has 1 aromatic heterocycles. The summed E-state index contributed by atoms with van der Waals surface area (Å²) in [6, 6.07) is 8.93. The Morgan fingerprint density at radius 1 is 1.16 bits per heavy atom. The van der Waals surface area contributed by atoms with Crippen LogP contribution in [0.4, 0.5) is 30.5 Å². The van der Waals surface area contributed by atoms with Crippen LogP contribution in [0.5, 0.6) is 0 Å². The summed E-state index contributed by atoms with van der Waals surface area (Å²) in [5.41, 5.74) is 5.24. The molecule has 7 heteroatoms. The van der Waals surface area contributed by atoms with Gasteiger partial charge in [-0.3, -0.25) is 0 Å². The molecule has 2 rings (SSSR count). The average Bonchev–Trinajstić information content (AvgIpc) is 2.30. The monoisotopic (exact) mass is 379 g/mol. The minimum Gasteiger partial charge on any atom is -0.384 e. The Hall–Kier alpha value is -1.51. The van der Waals surface area contributed by atoms with Crippen LogP contribution in [0.2, 0.25) is 0 Å². The van der Waals surface area contributed by atoms with Gasteiger partial charge in [0.15, 0.2) is 0 Å². The van der Waals surface area contributed by atoms with Gasteiger partial charge in [0.1, 0.15) is 11.6 Å². The van der Waals surface area contributed by atoms with Gasteiger partial charge in [0.05, 0.1) is 11.3 Å². The quantitative estimate of drug-likeness (QED) is 0.775. The summed E-state index contributed by atoms with van der Waals surface area (Å²) in [5, 5.41) is 2.83. The van der Waals surface area contributed by atoms with E-state index in [9.17, 15) is 13.2 Å². The first-order valence-electron chi connectivity index (χ1n) is 5.22. The van der Waals surface area contributed by atoms with Crippen LogP contribution in [0.25, 0.3) is 0 Å². The molecule has 0 spiro atoms. The number of aromatic nitrogens is 1. The first-order valence-corrected chi connectivity index (χ1v) is 6.30. The smallest absolute Gasteiger partial charge is 0.384 e. The SMILES string of the molecule is Nc1cc(C(F)(F)F)cc(Nc2ccccc2I)n1. The highest BCUT2D eigenvalue weighted by Gasteiger charge is 2.31. The summed E-state index contributed by atoms with van der Waals surface area (Å²) in [6.45, 7) is 0. The van der Waals surface area contributed by atoms with Gasteiger partial charge in [-0.05, 0) is 46.9 Å². The number of pyridine rings is 1. The number of alkyl halides is 3. The summed E-state index contributed by atoms with van der Waals surface area (Å²) >= 11 is 2.08. The van der Waals surface area contributed by atoms with Crippen LogP contribution in [0.15, 0.2) is 36.4 Å². The molecule has 0 aliphatic heterocycles. The molecule has 0 radical (unpaired) electrons. The third kappa shape index (κ3) is 3.49. The topological polar surface area (TPSA) is 50.9 Å². The van der Waals surface area contributed by atoms with Crippen LogP contribution < -0.4 is 11.1 Å². The molecule has 2 aromatic rings. The maximum absolute atomic E-state index is 12.7. The largest absolute Gasteiger partial charge is 0.416 e. The van der Waals surface area contributed by atoms with Crippen LogP contribution in [0, 0.1) is 3.57 Å². The van der Waals surface area contributed by atoms with E-state index in [0.29, 0.717) is 5.69 Å². The standard InChI is InChI=1S/C12H9F3IN3/c13-12(14,15)7-5-10(17)19-11(6-7)18-9-4-2-1-3-8(9)16/h1-6H,(H3,17,18,19). The van der Waals surface area contributed by atoms with Crippen molar-refractivity contribution in [3.05, 3.63) is 45.5 Å². The van der Waals surface area contributed by atoms with Crippen molar-refractivity contribution < 1.29 is 13.2 Å². The van der Waals surface area contributed by atoms with E-state index in [1.165, 1.54) is 0 Å². The van der Waals surface area contributed by atoms with E-state index in [1.54, 1.807) is 12.1 Å². The van der Waals surface area contributed by atoms with Gasteiger partial charge >= 0.3 is 6.18 Å². The lowest BCUT2D eigenvalue weighted by Gasteiger charge is -2.12. The van der Waals surface area contributed by atoms with Crippen molar-refractivity contribution in [3.8, 4) is 0 Å². The fourth-order valence-corrected chi connectivity index (χ4v) is 2.00. The molecule has 100 valence electrons. The summed E-state index contributed by atoms with van der Waals surface area (Å²) in [6.07, 6.45) is -4.45. The van der Waals surface area contributed by atoms with Crippen LogP contribution in [-0.2, 0) is 6.18 Å². The van der Waals surface area contributed by atoms with Crippen LogP contribution in [-0.4, -0.2) is 4.98 Å². The van der Waals surface area contributed by atoms with E-state index in [0.717, 1.165) is 15.7 Å². The van der Waals surface area contributed by atoms with E-state index >= 15 is 0 Å². The first-order chi connectivity index (χ1) is 8.86. The second kappa shape index (κ2) is 5.24. The molecule has 0 aliphatic rings. The van der Waals surface area contributed by atoms with E-state index in [-0.39, 0.29) is 11.6 Å². The van der Waals surface area contributed by atoms with Crippen molar-refractivity contribution in [2.24, 2.45) is 0 Å². The number of hydrogen-bond acceptors (Lipinski definition) is 3. The Labute approximate surface area is 121 Å². The molecule has 19 heavy (non-hydrogen) atoms. The van der Waals surface area contributed by atoms with Crippen molar-refractivity contribution in [1.82, 2.24) is 4.98 Å². The first kappa shape index (κ1) is 13.9. The number of rotatable bonds is 2. The van der Waals surface area contributed by atoms with Crippen LogP contribution in [0.3, 0.4) is 0 Å². The number of para-hydroxylation sites is 1. The lowest BCUT2D eigenvalue weighted by Crippen LogP contribution is -2.08. The zero-order valence-electron chi connectivity index (χ0n) is 9.50. The molecule has 0 amide bonds. The highest BCUT2D eigenvalue weighted by molar-refractivity contribution is 14.1. The molecule has 0 fully saturated rings. The van der Waals surface area contributed by atoms with Crippen LogP contribution >= 0.6 is 22.6 Å². The van der Waals surface area contributed by atoms with Crippen molar-refractivity contribution in [2.45, 2.75) is 6.18 Å². The van der Waals surface area contributed by atoms with E-state index in [2.05, 4.69) is 32.9 Å². The van der Waals surface area contributed by atoms with E-state index in [1.807, 2.05) is 12.1 Å². The number of nitrogens with one attached hydrogen (secondary N) is 1. The molecule has 3 nitrogen and oxygen atoms in total. The number of nitrogens with zero attached hydrogens (tertiary/aromatic N) is 1. The van der Waals surface area contributed by atoms with Gasteiger partial charge in [-0.15, -0.1) is 0 Å². The molecule has 0 aliphatic carbocycles. The highest BCUT2D eigenvalue weighted by atomic mass is 127. The second-order valence-corrected chi connectivity index (χ2v) is 4.93. The van der Waals surface area contributed by atoms with Crippen molar-refractivity contribution >= 4 is 39.9 Å². The van der Waals surface area contributed by atoms with Gasteiger partial charge in [0, 0.05) is 3.57 Å². The summed E-state index contributed by atoms with van der Waals surface area (Å²) in [5.74, 6) is -0.111. The highest BCUT2D eigenvalue weighted by Crippen LogP contribution is 2.32. The number of nitrogens with two attached hydrogens (primary N) is 1.